The summed E-state index contributed by atoms with van der Waals surface area (Å²) in [4.78, 5) is 20.7. The van der Waals surface area contributed by atoms with Gasteiger partial charge in [0, 0.05) is 23.3 Å². The number of benzene rings is 2. The Morgan fingerprint density at radius 1 is 1.22 bits per heavy atom. The van der Waals surface area contributed by atoms with Crippen LogP contribution in [-0.2, 0) is 6.54 Å². The van der Waals surface area contributed by atoms with Crippen molar-refractivity contribution in [3.63, 3.8) is 0 Å². The maximum absolute atomic E-state index is 13.7. The van der Waals surface area contributed by atoms with Crippen LogP contribution >= 0.6 is 11.6 Å². The number of aromatic nitrogens is 2. The highest BCUT2D eigenvalue weighted by Gasteiger charge is 2.13. The summed E-state index contributed by atoms with van der Waals surface area (Å²) in [7, 11) is 1.49. The molecule has 0 spiro atoms. The second-order valence-electron chi connectivity index (χ2n) is 5.51. The standard InChI is InChI=1S/C19H16ClFN4O2/c1-27-17-7-6-13(20)10-16(17)24-18(26)15-8-9-22-19(25-15)23-11-12-4-2-3-5-14(12)21/h2-10H,11H2,1H3,(H,24,26)(H,22,23,25). The van der Waals surface area contributed by atoms with Gasteiger partial charge in [0.05, 0.1) is 12.8 Å². The lowest BCUT2D eigenvalue weighted by atomic mass is 10.2. The number of ether oxygens (including phenoxy) is 1. The van der Waals surface area contributed by atoms with Gasteiger partial charge in [0.15, 0.2) is 0 Å². The quantitative estimate of drug-likeness (QED) is 0.665. The number of halogens is 2. The first kappa shape index (κ1) is 18.6. The zero-order chi connectivity index (χ0) is 19.2. The zero-order valence-electron chi connectivity index (χ0n) is 14.4. The summed E-state index contributed by atoms with van der Waals surface area (Å²) in [6.45, 7) is 0.194. The van der Waals surface area contributed by atoms with Gasteiger partial charge in [0.1, 0.15) is 17.3 Å². The largest absolute Gasteiger partial charge is 0.495 e. The number of amides is 1. The number of hydrogen-bond donors (Lipinski definition) is 2. The molecule has 2 aromatic carbocycles. The lowest BCUT2D eigenvalue weighted by molar-refractivity contribution is 0.102. The van der Waals surface area contributed by atoms with E-state index in [1.807, 2.05) is 0 Å². The maximum Gasteiger partial charge on any atom is 0.274 e. The highest BCUT2D eigenvalue weighted by Crippen LogP contribution is 2.28. The van der Waals surface area contributed by atoms with Gasteiger partial charge in [0.2, 0.25) is 5.95 Å². The Morgan fingerprint density at radius 3 is 2.81 bits per heavy atom. The molecule has 0 aliphatic heterocycles. The van der Waals surface area contributed by atoms with Crippen LogP contribution < -0.4 is 15.4 Å². The van der Waals surface area contributed by atoms with Crippen LogP contribution in [0, 0.1) is 5.82 Å². The van der Waals surface area contributed by atoms with Gasteiger partial charge in [-0.1, -0.05) is 29.8 Å². The van der Waals surface area contributed by atoms with Crippen molar-refractivity contribution in [3.8, 4) is 5.75 Å². The number of nitrogens with zero attached hydrogens (tertiary/aromatic N) is 2. The van der Waals surface area contributed by atoms with E-state index in [-0.39, 0.29) is 24.0 Å². The summed E-state index contributed by atoms with van der Waals surface area (Å²) in [6, 6.07) is 12.8. The summed E-state index contributed by atoms with van der Waals surface area (Å²) in [5.74, 6) is -0.0949. The molecule has 0 saturated heterocycles. The van der Waals surface area contributed by atoms with Crippen LogP contribution in [0.4, 0.5) is 16.0 Å². The van der Waals surface area contributed by atoms with Crippen molar-refractivity contribution in [1.82, 2.24) is 9.97 Å². The predicted molar refractivity (Wildman–Crippen MR) is 102 cm³/mol. The smallest absolute Gasteiger partial charge is 0.274 e. The highest BCUT2D eigenvalue weighted by molar-refractivity contribution is 6.31. The van der Waals surface area contributed by atoms with Gasteiger partial charge >= 0.3 is 0 Å². The molecule has 6 nitrogen and oxygen atoms in total. The van der Waals surface area contributed by atoms with E-state index in [1.54, 1.807) is 36.4 Å². The molecule has 138 valence electrons. The van der Waals surface area contributed by atoms with Crippen molar-refractivity contribution in [2.75, 3.05) is 17.7 Å². The zero-order valence-corrected chi connectivity index (χ0v) is 15.1. The number of hydrogen-bond acceptors (Lipinski definition) is 5. The van der Waals surface area contributed by atoms with Crippen molar-refractivity contribution in [2.45, 2.75) is 6.54 Å². The lowest BCUT2D eigenvalue weighted by Gasteiger charge is -2.11. The Morgan fingerprint density at radius 2 is 2.04 bits per heavy atom. The van der Waals surface area contributed by atoms with Gasteiger partial charge in [-0.3, -0.25) is 4.79 Å². The lowest BCUT2D eigenvalue weighted by Crippen LogP contribution is -2.16. The van der Waals surface area contributed by atoms with Crippen LogP contribution in [-0.4, -0.2) is 23.0 Å². The van der Waals surface area contributed by atoms with E-state index >= 15 is 0 Å². The normalized spacial score (nSPS) is 10.3. The Bertz CT molecular complexity index is 968. The van der Waals surface area contributed by atoms with Crippen molar-refractivity contribution in [1.29, 1.82) is 0 Å². The SMILES string of the molecule is COc1ccc(Cl)cc1NC(=O)c1ccnc(NCc2ccccc2F)n1. The first-order valence-corrected chi connectivity index (χ1v) is 8.40. The number of rotatable bonds is 6. The molecule has 0 atom stereocenters. The Kier molecular flexibility index (Phi) is 5.83. The molecule has 0 bridgehead atoms. The maximum atomic E-state index is 13.7. The Hall–Kier alpha value is -3.19. The van der Waals surface area contributed by atoms with Crippen LogP contribution in [0.5, 0.6) is 5.75 Å². The van der Waals surface area contributed by atoms with Gasteiger partial charge in [-0.15, -0.1) is 0 Å². The first-order valence-electron chi connectivity index (χ1n) is 8.02. The van der Waals surface area contributed by atoms with E-state index in [2.05, 4.69) is 20.6 Å². The average molecular weight is 387 g/mol. The summed E-state index contributed by atoms with van der Waals surface area (Å²) in [6.07, 6.45) is 1.45. The molecule has 1 heterocycles. The van der Waals surface area contributed by atoms with Crippen molar-refractivity contribution in [3.05, 3.63) is 76.8 Å². The second kappa shape index (κ2) is 8.46. The number of carbonyl (C=O) groups excluding carboxylic acids is 1. The molecule has 0 saturated carbocycles. The minimum Gasteiger partial charge on any atom is -0.495 e. The Labute approximate surface area is 160 Å². The van der Waals surface area contributed by atoms with E-state index in [9.17, 15) is 9.18 Å². The third-order valence-electron chi connectivity index (χ3n) is 3.69. The molecule has 1 aromatic heterocycles. The summed E-state index contributed by atoms with van der Waals surface area (Å²) >= 11 is 5.97. The van der Waals surface area contributed by atoms with Gasteiger partial charge in [-0.05, 0) is 30.3 Å². The van der Waals surface area contributed by atoms with Crippen LogP contribution in [0.15, 0.2) is 54.7 Å². The molecule has 1 amide bonds. The molecule has 0 aliphatic rings. The minimum atomic E-state index is -0.452. The number of carbonyl (C=O) groups is 1. The summed E-state index contributed by atoms with van der Waals surface area (Å²) in [5, 5.41) is 6.07. The minimum absolute atomic E-state index is 0.142. The van der Waals surface area contributed by atoms with E-state index in [1.165, 1.54) is 25.4 Å². The molecule has 3 rings (SSSR count). The van der Waals surface area contributed by atoms with Gasteiger partial charge in [-0.2, -0.15) is 0 Å². The van der Waals surface area contributed by atoms with E-state index in [0.29, 0.717) is 22.0 Å². The van der Waals surface area contributed by atoms with E-state index in [4.69, 9.17) is 16.3 Å². The fourth-order valence-electron chi connectivity index (χ4n) is 2.35. The molecule has 0 unspecified atom stereocenters. The second-order valence-corrected chi connectivity index (χ2v) is 5.95. The van der Waals surface area contributed by atoms with Crippen LogP contribution in [0.25, 0.3) is 0 Å². The van der Waals surface area contributed by atoms with E-state index < -0.39 is 5.91 Å². The number of methoxy groups -OCH3 is 1. The van der Waals surface area contributed by atoms with Crippen molar-refractivity contribution < 1.29 is 13.9 Å². The average Bonchev–Trinajstić information content (AvgIpc) is 2.68. The molecular formula is C19H16ClFN4O2. The molecule has 3 aromatic rings. The summed E-state index contributed by atoms with van der Waals surface area (Å²) in [5.41, 5.74) is 1.04. The summed E-state index contributed by atoms with van der Waals surface area (Å²) < 4.78 is 18.9. The van der Waals surface area contributed by atoms with Crippen LogP contribution in [0.3, 0.4) is 0 Å². The van der Waals surface area contributed by atoms with E-state index in [0.717, 1.165) is 0 Å². The third-order valence-corrected chi connectivity index (χ3v) is 3.93. The van der Waals surface area contributed by atoms with Gasteiger partial charge in [-0.25, -0.2) is 14.4 Å². The van der Waals surface area contributed by atoms with Crippen LogP contribution in [0.1, 0.15) is 16.1 Å². The molecule has 0 radical (unpaired) electrons. The van der Waals surface area contributed by atoms with Gasteiger partial charge in [0.25, 0.3) is 5.91 Å². The predicted octanol–water partition coefficient (Wildman–Crippen LogP) is 4.14. The van der Waals surface area contributed by atoms with Crippen molar-refractivity contribution in [2.24, 2.45) is 0 Å². The molecule has 2 N–H and O–H groups in total. The molecule has 0 fully saturated rings. The van der Waals surface area contributed by atoms with Crippen molar-refractivity contribution >= 4 is 29.1 Å². The van der Waals surface area contributed by atoms with Gasteiger partial charge < -0.3 is 15.4 Å². The molecule has 8 heteroatoms. The Balaban J connectivity index is 1.72. The fourth-order valence-corrected chi connectivity index (χ4v) is 2.52. The molecule has 27 heavy (non-hydrogen) atoms. The molecular weight excluding hydrogens is 371 g/mol. The topological polar surface area (TPSA) is 76.1 Å². The fraction of sp³-hybridized carbons (Fsp3) is 0.105. The highest BCUT2D eigenvalue weighted by atomic mass is 35.5. The molecule has 0 aliphatic carbocycles. The number of anilines is 2. The monoisotopic (exact) mass is 386 g/mol. The van der Waals surface area contributed by atoms with Crippen LogP contribution in [0.2, 0.25) is 5.02 Å². The first-order chi connectivity index (χ1) is 13.1. The number of nitrogens with one attached hydrogen (secondary N) is 2. The third kappa shape index (κ3) is 4.71.